The molecule has 0 aliphatic heterocycles. The molecule has 3 heteroatoms. The molecule has 0 aromatic heterocycles. The van der Waals surface area contributed by atoms with Gasteiger partial charge >= 0.3 is 6.09 Å². The highest BCUT2D eigenvalue weighted by Crippen LogP contribution is 2.23. The van der Waals surface area contributed by atoms with Crippen LogP contribution in [0.2, 0.25) is 0 Å². The molecule has 1 aliphatic carbocycles. The molecule has 0 saturated heterocycles. The van der Waals surface area contributed by atoms with Crippen LogP contribution in [-0.2, 0) is 11.3 Å². The minimum atomic E-state index is -0.294. The fourth-order valence-corrected chi connectivity index (χ4v) is 2.45. The summed E-state index contributed by atoms with van der Waals surface area (Å²) < 4.78 is 5.23. The molecule has 3 nitrogen and oxygen atoms in total. The molecule has 0 spiro atoms. The fraction of sp³-hybridized carbons (Fsp3) is 0.533. The molecule has 1 aliphatic rings. The zero-order valence-electron chi connectivity index (χ0n) is 10.9. The second-order valence-electron chi connectivity index (χ2n) is 5.07. The normalized spacial score (nSPS) is 23.4. The van der Waals surface area contributed by atoms with Crippen molar-refractivity contribution in [3.05, 3.63) is 35.9 Å². The highest BCUT2D eigenvalue weighted by Gasteiger charge is 2.23. The summed E-state index contributed by atoms with van der Waals surface area (Å²) in [5.74, 6) is 0.558. The molecule has 1 aromatic rings. The summed E-state index contributed by atoms with van der Waals surface area (Å²) in [5.41, 5.74) is 1.02. The van der Waals surface area contributed by atoms with Gasteiger partial charge < -0.3 is 10.1 Å². The lowest BCUT2D eigenvalue weighted by Crippen LogP contribution is -2.41. The van der Waals surface area contributed by atoms with Gasteiger partial charge in [0.25, 0.3) is 0 Å². The molecule has 1 aromatic carbocycles. The molecule has 0 bridgehead atoms. The van der Waals surface area contributed by atoms with Gasteiger partial charge in [-0.05, 0) is 24.3 Å². The first-order valence-electron chi connectivity index (χ1n) is 6.73. The third kappa shape index (κ3) is 3.76. The van der Waals surface area contributed by atoms with Gasteiger partial charge in [-0.1, -0.05) is 50.1 Å². The van der Waals surface area contributed by atoms with Crippen molar-refractivity contribution in [1.82, 2.24) is 5.32 Å². The lowest BCUT2D eigenvalue weighted by atomic mass is 9.86. The van der Waals surface area contributed by atoms with E-state index in [2.05, 4.69) is 12.2 Å². The van der Waals surface area contributed by atoms with E-state index in [0.29, 0.717) is 12.5 Å². The average molecular weight is 247 g/mol. The predicted molar refractivity (Wildman–Crippen MR) is 71.2 cm³/mol. The van der Waals surface area contributed by atoms with Crippen molar-refractivity contribution < 1.29 is 9.53 Å². The van der Waals surface area contributed by atoms with Gasteiger partial charge in [-0.25, -0.2) is 4.79 Å². The van der Waals surface area contributed by atoms with Crippen LogP contribution in [0.3, 0.4) is 0 Å². The summed E-state index contributed by atoms with van der Waals surface area (Å²) in [6.45, 7) is 2.54. The van der Waals surface area contributed by atoms with Crippen LogP contribution in [0.5, 0.6) is 0 Å². The summed E-state index contributed by atoms with van der Waals surface area (Å²) in [7, 11) is 0. The third-order valence-corrected chi connectivity index (χ3v) is 3.63. The number of hydrogen-bond donors (Lipinski definition) is 1. The predicted octanol–water partition coefficient (Wildman–Crippen LogP) is 3.49. The number of benzene rings is 1. The Labute approximate surface area is 109 Å². The Bertz CT molecular complexity index is 377. The number of carbonyl (C=O) groups is 1. The first-order valence-corrected chi connectivity index (χ1v) is 6.73. The number of nitrogens with one attached hydrogen (secondary N) is 1. The van der Waals surface area contributed by atoms with E-state index < -0.39 is 0 Å². The average Bonchev–Trinajstić information content (AvgIpc) is 2.40. The molecule has 1 N–H and O–H groups in total. The van der Waals surface area contributed by atoms with Gasteiger partial charge in [0.1, 0.15) is 6.61 Å². The van der Waals surface area contributed by atoms with Gasteiger partial charge in [0.15, 0.2) is 0 Å². The van der Waals surface area contributed by atoms with Crippen LogP contribution in [0.25, 0.3) is 0 Å². The highest BCUT2D eigenvalue weighted by molar-refractivity contribution is 5.67. The van der Waals surface area contributed by atoms with Gasteiger partial charge in [0, 0.05) is 6.04 Å². The monoisotopic (exact) mass is 247 g/mol. The highest BCUT2D eigenvalue weighted by atomic mass is 16.5. The third-order valence-electron chi connectivity index (χ3n) is 3.63. The first kappa shape index (κ1) is 12.9. The van der Waals surface area contributed by atoms with Crippen LogP contribution in [0, 0.1) is 5.92 Å². The Balaban J connectivity index is 1.75. The number of amides is 1. The Morgan fingerprint density at radius 3 is 2.72 bits per heavy atom. The number of carbonyl (C=O) groups excluding carboxylic acids is 1. The first-order chi connectivity index (χ1) is 8.75. The van der Waals surface area contributed by atoms with Crippen molar-refractivity contribution >= 4 is 6.09 Å². The maximum Gasteiger partial charge on any atom is 0.407 e. The molecule has 2 atom stereocenters. The Kier molecular flexibility index (Phi) is 4.62. The van der Waals surface area contributed by atoms with Gasteiger partial charge in [0.2, 0.25) is 0 Å². The molecule has 2 rings (SSSR count). The Morgan fingerprint density at radius 2 is 2.00 bits per heavy atom. The van der Waals surface area contributed by atoms with Crippen molar-refractivity contribution in [2.45, 2.75) is 45.3 Å². The number of hydrogen-bond acceptors (Lipinski definition) is 2. The molecule has 98 valence electrons. The van der Waals surface area contributed by atoms with E-state index in [1.807, 2.05) is 30.3 Å². The van der Waals surface area contributed by atoms with Crippen molar-refractivity contribution in [3.8, 4) is 0 Å². The van der Waals surface area contributed by atoms with E-state index in [1.165, 1.54) is 19.3 Å². The van der Waals surface area contributed by atoms with Crippen molar-refractivity contribution in [2.75, 3.05) is 0 Å². The van der Waals surface area contributed by atoms with Crippen LogP contribution in [0.15, 0.2) is 30.3 Å². The minimum Gasteiger partial charge on any atom is -0.445 e. The molecule has 1 saturated carbocycles. The Hall–Kier alpha value is -1.51. The van der Waals surface area contributed by atoms with E-state index in [4.69, 9.17) is 4.74 Å². The summed E-state index contributed by atoms with van der Waals surface area (Å²) in [6, 6.07) is 10.0. The van der Waals surface area contributed by atoms with Gasteiger partial charge in [0.05, 0.1) is 0 Å². The molecule has 18 heavy (non-hydrogen) atoms. The van der Waals surface area contributed by atoms with Crippen molar-refractivity contribution in [2.24, 2.45) is 5.92 Å². The Morgan fingerprint density at radius 1 is 1.28 bits per heavy atom. The fourth-order valence-electron chi connectivity index (χ4n) is 2.45. The van der Waals surface area contributed by atoms with Crippen LogP contribution in [-0.4, -0.2) is 12.1 Å². The smallest absolute Gasteiger partial charge is 0.407 e. The molecule has 0 heterocycles. The van der Waals surface area contributed by atoms with E-state index in [1.54, 1.807) is 0 Å². The van der Waals surface area contributed by atoms with Crippen LogP contribution >= 0.6 is 0 Å². The number of ether oxygens (including phenoxy) is 1. The molecular formula is C15H21NO2. The van der Waals surface area contributed by atoms with Crippen molar-refractivity contribution in [3.63, 3.8) is 0 Å². The summed E-state index contributed by atoms with van der Waals surface area (Å²) in [4.78, 5) is 11.7. The summed E-state index contributed by atoms with van der Waals surface area (Å²) >= 11 is 0. The van der Waals surface area contributed by atoms with Crippen LogP contribution in [0.1, 0.15) is 38.2 Å². The molecular weight excluding hydrogens is 226 g/mol. The summed E-state index contributed by atoms with van der Waals surface area (Å²) in [5, 5.41) is 2.98. The van der Waals surface area contributed by atoms with Crippen LogP contribution in [0.4, 0.5) is 4.79 Å². The quantitative estimate of drug-likeness (QED) is 0.888. The van der Waals surface area contributed by atoms with E-state index in [9.17, 15) is 4.79 Å². The van der Waals surface area contributed by atoms with E-state index >= 15 is 0 Å². The largest absolute Gasteiger partial charge is 0.445 e. The van der Waals surface area contributed by atoms with E-state index in [-0.39, 0.29) is 12.1 Å². The van der Waals surface area contributed by atoms with E-state index in [0.717, 1.165) is 12.0 Å². The molecule has 1 amide bonds. The van der Waals surface area contributed by atoms with Crippen LogP contribution < -0.4 is 5.32 Å². The lowest BCUT2D eigenvalue weighted by Gasteiger charge is -2.29. The maximum atomic E-state index is 11.7. The molecule has 0 radical (unpaired) electrons. The van der Waals surface area contributed by atoms with Gasteiger partial charge in [-0.15, -0.1) is 0 Å². The number of rotatable bonds is 3. The topological polar surface area (TPSA) is 38.3 Å². The minimum absolute atomic E-state index is 0.280. The lowest BCUT2D eigenvalue weighted by molar-refractivity contribution is 0.128. The maximum absolute atomic E-state index is 11.7. The standard InChI is InChI=1S/C15H21NO2/c1-12-7-5-6-10-14(12)16-15(17)18-11-13-8-3-2-4-9-13/h2-4,8-9,12,14H,5-7,10-11H2,1H3,(H,16,17)/t12?,14-/m0/s1. The van der Waals surface area contributed by atoms with Crippen molar-refractivity contribution in [1.29, 1.82) is 0 Å². The molecule has 1 unspecified atom stereocenters. The zero-order chi connectivity index (χ0) is 12.8. The number of alkyl carbamates (subject to hydrolysis) is 1. The second-order valence-corrected chi connectivity index (χ2v) is 5.07. The zero-order valence-corrected chi connectivity index (χ0v) is 10.9. The van der Waals surface area contributed by atoms with Gasteiger partial charge in [-0.3, -0.25) is 0 Å². The molecule has 1 fully saturated rings. The second kappa shape index (κ2) is 6.43. The van der Waals surface area contributed by atoms with Gasteiger partial charge in [-0.2, -0.15) is 0 Å². The SMILES string of the molecule is CC1CCCC[C@@H]1NC(=O)OCc1ccccc1. The summed E-state index contributed by atoms with van der Waals surface area (Å²) in [6.07, 6.45) is 4.45.